The Morgan fingerprint density at radius 1 is 1.18 bits per heavy atom. The number of ether oxygens (including phenoxy) is 2. The molecule has 1 atom stereocenters. The highest BCUT2D eigenvalue weighted by molar-refractivity contribution is 5.80. The molecule has 2 aromatic rings. The van der Waals surface area contributed by atoms with Crippen molar-refractivity contribution >= 4 is 5.96 Å². The molecule has 7 heteroatoms. The van der Waals surface area contributed by atoms with Crippen molar-refractivity contribution in [1.82, 2.24) is 20.4 Å². The largest absolute Gasteiger partial charge is 0.490 e. The van der Waals surface area contributed by atoms with Gasteiger partial charge in [0.2, 0.25) is 0 Å². The first-order chi connectivity index (χ1) is 13.7. The molecule has 0 spiro atoms. The summed E-state index contributed by atoms with van der Waals surface area (Å²) in [7, 11) is 0. The third kappa shape index (κ3) is 6.79. The van der Waals surface area contributed by atoms with Crippen LogP contribution in [0.4, 0.5) is 0 Å². The first kappa shape index (κ1) is 21.6. The van der Waals surface area contributed by atoms with Gasteiger partial charge in [-0.25, -0.2) is 0 Å². The van der Waals surface area contributed by atoms with Gasteiger partial charge in [0.25, 0.3) is 0 Å². The average Bonchev–Trinajstić information content (AvgIpc) is 3.20. The van der Waals surface area contributed by atoms with Crippen molar-refractivity contribution in [3.8, 4) is 11.5 Å². The molecular weight excluding hydrogens is 354 g/mol. The van der Waals surface area contributed by atoms with E-state index in [-0.39, 0.29) is 6.04 Å². The second-order valence-corrected chi connectivity index (χ2v) is 6.32. The van der Waals surface area contributed by atoms with E-state index in [1.807, 2.05) is 42.9 Å². The third-order valence-electron chi connectivity index (χ3n) is 4.14. The molecule has 0 fully saturated rings. The molecule has 1 aromatic carbocycles. The maximum atomic E-state index is 5.74. The molecule has 154 valence electrons. The molecule has 0 aliphatic heterocycles. The van der Waals surface area contributed by atoms with Gasteiger partial charge in [0.1, 0.15) is 0 Å². The number of nitrogens with zero attached hydrogens (tertiary/aromatic N) is 3. The van der Waals surface area contributed by atoms with Gasteiger partial charge < -0.3 is 20.1 Å². The minimum atomic E-state index is 0.0822. The number of aromatic nitrogens is 2. The Balaban J connectivity index is 1.98. The number of benzene rings is 1. The molecule has 0 aliphatic rings. The van der Waals surface area contributed by atoms with E-state index < -0.39 is 0 Å². The van der Waals surface area contributed by atoms with Crippen molar-refractivity contribution in [2.24, 2.45) is 4.99 Å². The fourth-order valence-electron chi connectivity index (χ4n) is 2.80. The molecule has 2 rings (SSSR count). The van der Waals surface area contributed by atoms with Crippen LogP contribution in [0.1, 0.15) is 45.7 Å². The minimum Gasteiger partial charge on any atom is -0.490 e. The van der Waals surface area contributed by atoms with Gasteiger partial charge in [0.05, 0.1) is 19.3 Å². The number of aliphatic imine (C=N–C) groups is 1. The number of hydrogen-bond donors (Lipinski definition) is 2. The van der Waals surface area contributed by atoms with Crippen molar-refractivity contribution in [2.45, 2.75) is 46.7 Å². The summed E-state index contributed by atoms with van der Waals surface area (Å²) in [4.78, 5) is 4.68. The van der Waals surface area contributed by atoms with Crippen LogP contribution in [0.3, 0.4) is 0 Å². The molecule has 1 heterocycles. The van der Waals surface area contributed by atoms with Gasteiger partial charge in [0.15, 0.2) is 17.5 Å². The summed E-state index contributed by atoms with van der Waals surface area (Å²) in [6, 6.07) is 8.08. The molecule has 7 nitrogen and oxygen atoms in total. The Bertz CT molecular complexity index is 716. The summed E-state index contributed by atoms with van der Waals surface area (Å²) in [6.45, 7) is 11.7. The fraction of sp³-hybridized carbons (Fsp3) is 0.524. The summed E-state index contributed by atoms with van der Waals surface area (Å²) in [5.41, 5.74) is 1.12. The van der Waals surface area contributed by atoms with E-state index in [0.717, 1.165) is 49.1 Å². The Labute approximate surface area is 168 Å². The lowest BCUT2D eigenvalue weighted by molar-refractivity contribution is 0.287. The monoisotopic (exact) mass is 387 g/mol. The molecule has 1 unspecified atom stereocenters. The molecule has 28 heavy (non-hydrogen) atoms. The van der Waals surface area contributed by atoms with Gasteiger partial charge in [-0.3, -0.25) is 9.67 Å². The molecule has 0 saturated carbocycles. The van der Waals surface area contributed by atoms with Gasteiger partial charge in [-0.05, 0) is 57.9 Å². The first-order valence-electron chi connectivity index (χ1n) is 10.1. The van der Waals surface area contributed by atoms with Crippen LogP contribution >= 0.6 is 0 Å². The van der Waals surface area contributed by atoms with E-state index in [9.17, 15) is 0 Å². The van der Waals surface area contributed by atoms with E-state index >= 15 is 0 Å². The molecule has 1 aromatic heterocycles. The van der Waals surface area contributed by atoms with E-state index in [2.05, 4.69) is 40.6 Å². The molecule has 0 aliphatic carbocycles. The number of rotatable bonds is 11. The second kappa shape index (κ2) is 11.9. The maximum Gasteiger partial charge on any atom is 0.191 e. The lowest BCUT2D eigenvalue weighted by Crippen LogP contribution is -2.38. The zero-order valence-corrected chi connectivity index (χ0v) is 17.4. The second-order valence-electron chi connectivity index (χ2n) is 6.32. The summed E-state index contributed by atoms with van der Waals surface area (Å²) < 4.78 is 13.3. The van der Waals surface area contributed by atoms with Crippen LogP contribution in [0.15, 0.2) is 41.7 Å². The van der Waals surface area contributed by atoms with Gasteiger partial charge in [-0.2, -0.15) is 5.10 Å². The summed E-state index contributed by atoms with van der Waals surface area (Å²) >= 11 is 0. The SMILES string of the molecule is CCNC(=NCCCn1cccn1)NC(C)c1ccc(OCC)c(OCC)c1. The summed E-state index contributed by atoms with van der Waals surface area (Å²) in [5, 5.41) is 11.0. The van der Waals surface area contributed by atoms with Gasteiger partial charge in [-0.1, -0.05) is 6.07 Å². The van der Waals surface area contributed by atoms with E-state index in [1.54, 1.807) is 6.20 Å². The van der Waals surface area contributed by atoms with Crippen LogP contribution in [0.2, 0.25) is 0 Å². The lowest BCUT2D eigenvalue weighted by Gasteiger charge is -2.20. The van der Waals surface area contributed by atoms with Gasteiger partial charge in [-0.15, -0.1) is 0 Å². The Morgan fingerprint density at radius 3 is 2.64 bits per heavy atom. The van der Waals surface area contributed by atoms with Crippen LogP contribution in [0, 0.1) is 0 Å². The lowest BCUT2D eigenvalue weighted by atomic mass is 10.1. The van der Waals surface area contributed by atoms with Crippen LogP contribution in [-0.4, -0.2) is 42.0 Å². The van der Waals surface area contributed by atoms with Gasteiger partial charge in [0, 0.05) is 32.0 Å². The number of nitrogens with one attached hydrogen (secondary N) is 2. The fourth-order valence-corrected chi connectivity index (χ4v) is 2.80. The molecule has 0 radical (unpaired) electrons. The Morgan fingerprint density at radius 2 is 1.96 bits per heavy atom. The standard InChI is InChI=1S/C21H33N5O2/c1-5-22-21(23-12-8-14-26-15-9-13-24-26)25-17(4)18-10-11-19(27-6-2)20(16-18)28-7-3/h9-11,13,15-17H,5-8,12,14H2,1-4H3,(H2,22,23,25). The quantitative estimate of drug-likeness (QED) is 0.351. The Hall–Kier alpha value is -2.70. The van der Waals surface area contributed by atoms with E-state index in [1.165, 1.54) is 0 Å². The predicted molar refractivity (Wildman–Crippen MR) is 113 cm³/mol. The van der Waals surface area contributed by atoms with Crippen LogP contribution in [0.25, 0.3) is 0 Å². The maximum absolute atomic E-state index is 5.74. The zero-order valence-electron chi connectivity index (χ0n) is 17.4. The van der Waals surface area contributed by atoms with Crippen molar-refractivity contribution in [3.63, 3.8) is 0 Å². The number of hydrogen-bond acceptors (Lipinski definition) is 4. The molecule has 0 bridgehead atoms. The highest BCUT2D eigenvalue weighted by Crippen LogP contribution is 2.30. The van der Waals surface area contributed by atoms with Crippen molar-refractivity contribution in [2.75, 3.05) is 26.3 Å². The molecule has 2 N–H and O–H groups in total. The van der Waals surface area contributed by atoms with Crippen LogP contribution in [-0.2, 0) is 6.54 Å². The Kier molecular flexibility index (Phi) is 9.18. The molecule has 0 amide bonds. The van der Waals surface area contributed by atoms with Crippen molar-refractivity contribution in [1.29, 1.82) is 0 Å². The third-order valence-corrected chi connectivity index (χ3v) is 4.14. The van der Waals surface area contributed by atoms with Crippen LogP contribution < -0.4 is 20.1 Å². The predicted octanol–water partition coefficient (Wildman–Crippen LogP) is 3.39. The van der Waals surface area contributed by atoms with Crippen molar-refractivity contribution < 1.29 is 9.47 Å². The number of aryl methyl sites for hydroxylation is 1. The highest BCUT2D eigenvalue weighted by atomic mass is 16.5. The van der Waals surface area contributed by atoms with E-state index in [4.69, 9.17) is 9.47 Å². The average molecular weight is 388 g/mol. The highest BCUT2D eigenvalue weighted by Gasteiger charge is 2.12. The smallest absolute Gasteiger partial charge is 0.191 e. The zero-order chi connectivity index (χ0) is 20.2. The van der Waals surface area contributed by atoms with Gasteiger partial charge >= 0.3 is 0 Å². The van der Waals surface area contributed by atoms with Crippen LogP contribution in [0.5, 0.6) is 11.5 Å². The topological polar surface area (TPSA) is 72.7 Å². The first-order valence-corrected chi connectivity index (χ1v) is 10.1. The summed E-state index contributed by atoms with van der Waals surface area (Å²) in [5.74, 6) is 2.36. The summed E-state index contributed by atoms with van der Waals surface area (Å²) in [6.07, 6.45) is 4.70. The number of guanidine groups is 1. The van der Waals surface area contributed by atoms with Crippen molar-refractivity contribution in [3.05, 3.63) is 42.2 Å². The molecule has 0 saturated heterocycles. The molecular formula is C21H33N5O2. The minimum absolute atomic E-state index is 0.0822. The normalized spacial score (nSPS) is 12.5. The van der Waals surface area contributed by atoms with E-state index in [0.29, 0.717) is 13.2 Å².